The standard InChI is InChI=1S/C17H24F3N.C15H23NO.C15H23N.2CH4/c1-16(2,3)15-11-13(17(18,19)20)5-6-14(15)12-7-9-21(4)10-8-12;1-10-5-6-13(15(2,3)4)12(7-10)14-8-11(17)9-16-14;1-11-7-8-13(15(2,3)4)12(10-11)14-6-5-9-16-14;;/h5-6,11-12H,7-10H2,1-4H3;5-7,11,14,16-17H,8-9H2,1-4H3;7-8,10,14,16H,5-6,9H2,1-4H3;2*1H4. The monoisotopic (exact) mass is 782 g/mol. The SMILES string of the molecule is C.C.CN1CCC(c2ccc(C(F)(F)F)cc2C(C)(C)C)CC1.Cc1ccc(C(C)(C)C)c(C2CC(O)CN2)c1.Cc1ccc(C(C)(C)C)c(C2CCCN2)c1. The van der Waals surface area contributed by atoms with Crippen LogP contribution in [-0.4, -0.2) is 49.3 Å². The van der Waals surface area contributed by atoms with Crippen molar-refractivity contribution in [3.05, 3.63) is 105 Å². The third-order valence-electron chi connectivity index (χ3n) is 11.3. The normalized spacial score (nSPS) is 20.9. The zero-order valence-electron chi connectivity index (χ0n) is 35.4. The van der Waals surface area contributed by atoms with Gasteiger partial charge in [-0.05, 0) is 140 Å². The Kier molecular flexibility index (Phi) is 17.5. The van der Waals surface area contributed by atoms with Crippen molar-refractivity contribution < 1.29 is 18.3 Å². The number of nitrogens with one attached hydrogen (secondary N) is 2. The molecule has 3 heterocycles. The molecule has 0 aliphatic carbocycles. The zero-order valence-corrected chi connectivity index (χ0v) is 35.4. The molecule has 0 bridgehead atoms. The summed E-state index contributed by atoms with van der Waals surface area (Å²) in [5.41, 5.74) is 9.93. The Balaban J connectivity index is 0.000000288. The molecule has 3 aliphatic heterocycles. The summed E-state index contributed by atoms with van der Waals surface area (Å²) in [6.45, 7) is 27.8. The summed E-state index contributed by atoms with van der Waals surface area (Å²) in [4.78, 5) is 2.28. The first-order valence-electron chi connectivity index (χ1n) is 20.2. The van der Waals surface area contributed by atoms with E-state index < -0.39 is 11.7 Å². The van der Waals surface area contributed by atoms with Gasteiger partial charge in [-0.2, -0.15) is 13.2 Å². The van der Waals surface area contributed by atoms with Crippen molar-refractivity contribution in [2.24, 2.45) is 0 Å². The Labute approximate surface area is 340 Å². The van der Waals surface area contributed by atoms with Gasteiger partial charge in [0, 0.05) is 18.6 Å². The van der Waals surface area contributed by atoms with E-state index in [-0.39, 0.29) is 37.2 Å². The molecule has 316 valence electrons. The predicted octanol–water partition coefficient (Wildman–Crippen LogP) is 12.5. The number of β-amino-alcohol motifs (C(OH)–C–C–N with tert-alkyl or cyclic N) is 1. The molecule has 3 aromatic carbocycles. The molecule has 6 rings (SSSR count). The maximum atomic E-state index is 13.0. The molecular weight excluding hydrogens is 704 g/mol. The van der Waals surface area contributed by atoms with E-state index in [0.717, 1.165) is 43.5 Å². The van der Waals surface area contributed by atoms with E-state index in [0.29, 0.717) is 24.5 Å². The summed E-state index contributed by atoms with van der Waals surface area (Å²) >= 11 is 0. The van der Waals surface area contributed by atoms with Crippen LogP contribution in [0.25, 0.3) is 0 Å². The van der Waals surface area contributed by atoms with E-state index >= 15 is 0 Å². The largest absolute Gasteiger partial charge is 0.416 e. The average molecular weight is 782 g/mol. The minimum atomic E-state index is -4.27. The summed E-state index contributed by atoms with van der Waals surface area (Å²) < 4.78 is 38.9. The minimum Gasteiger partial charge on any atom is -0.392 e. The molecule has 0 aromatic heterocycles. The molecule has 3 N–H and O–H groups in total. The first kappa shape index (κ1) is 49.4. The van der Waals surface area contributed by atoms with E-state index in [9.17, 15) is 18.3 Å². The van der Waals surface area contributed by atoms with Crippen molar-refractivity contribution in [1.82, 2.24) is 15.5 Å². The highest BCUT2D eigenvalue weighted by atomic mass is 19.4. The first-order valence-corrected chi connectivity index (χ1v) is 20.2. The molecular formula is C49H78F3N3O. The number of aliphatic hydroxyl groups is 1. The van der Waals surface area contributed by atoms with Crippen LogP contribution in [0.5, 0.6) is 0 Å². The van der Waals surface area contributed by atoms with Gasteiger partial charge in [0.1, 0.15) is 0 Å². The fraction of sp³-hybridized carbons (Fsp3) is 0.633. The zero-order chi connectivity index (χ0) is 40.2. The number of hydrogen-bond donors (Lipinski definition) is 3. The molecule has 0 amide bonds. The van der Waals surface area contributed by atoms with E-state index in [4.69, 9.17) is 0 Å². The minimum absolute atomic E-state index is 0. The molecule has 3 atom stereocenters. The van der Waals surface area contributed by atoms with Gasteiger partial charge in [-0.1, -0.05) is 131 Å². The number of benzene rings is 3. The second kappa shape index (κ2) is 19.8. The number of aliphatic hydroxyl groups excluding tert-OH is 1. The number of nitrogens with zero attached hydrogens (tertiary/aromatic N) is 1. The van der Waals surface area contributed by atoms with Crippen LogP contribution in [0.15, 0.2) is 54.6 Å². The topological polar surface area (TPSA) is 47.5 Å². The summed E-state index contributed by atoms with van der Waals surface area (Å²) in [7, 11) is 2.09. The number of piperidine rings is 1. The number of hydrogen-bond acceptors (Lipinski definition) is 4. The number of likely N-dealkylation sites (tertiary alicyclic amines) is 1. The molecule has 3 saturated heterocycles. The van der Waals surface area contributed by atoms with Gasteiger partial charge in [-0.25, -0.2) is 0 Å². The second-order valence-corrected chi connectivity index (χ2v) is 19.3. The molecule has 3 fully saturated rings. The number of halogens is 3. The molecule has 0 saturated carbocycles. The van der Waals surface area contributed by atoms with Crippen LogP contribution in [0.1, 0.15) is 177 Å². The van der Waals surface area contributed by atoms with Crippen LogP contribution in [0.4, 0.5) is 13.2 Å². The second-order valence-electron chi connectivity index (χ2n) is 19.3. The molecule has 56 heavy (non-hydrogen) atoms. The quantitative estimate of drug-likeness (QED) is 0.248. The van der Waals surface area contributed by atoms with Gasteiger partial charge in [0.25, 0.3) is 0 Å². The van der Waals surface area contributed by atoms with Gasteiger partial charge in [-0.15, -0.1) is 0 Å². The van der Waals surface area contributed by atoms with E-state index in [2.05, 4.69) is 114 Å². The van der Waals surface area contributed by atoms with Gasteiger partial charge in [0.15, 0.2) is 0 Å². The van der Waals surface area contributed by atoms with E-state index in [1.165, 1.54) is 64.9 Å². The molecule has 0 spiro atoms. The lowest BCUT2D eigenvalue weighted by Gasteiger charge is -2.33. The fourth-order valence-corrected chi connectivity index (χ4v) is 8.27. The van der Waals surface area contributed by atoms with Crippen LogP contribution < -0.4 is 10.6 Å². The highest BCUT2D eigenvalue weighted by Gasteiger charge is 2.34. The van der Waals surface area contributed by atoms with Crippen molar-refractivity contribution in [2.45, 2.75) is 170 Å². The number of alkyl halides is 3. The third kappa shape index (κ3) is 13.4. The summed E-state index contributed by atoms with van der Waals surface area (Å²) in [5, 5.41) is 16.7. The van der Waals surface area contributed by atoms with Crippen molar-refractivity contribution in [3.63, 3.8) is 0 Å². The fourth-order valence-electron chi connectivity index (χ4n) is 8.27. The van der Waals surface area contributed by atoms with Crippen LogP contribution >= 0.6 is 0 Å². The lowest BCUT2D eigenvalue weighted by molar-refractivity contribution is -0.137. The van der Waals surface area contributed by atoms with Gasteiger partial charge in [0.05, 0.1) is 11.7 Å². The summed E-state index contributed by atoms with van der Waals surface area (Å²) in [6.07, 6.45) is 0.982. The molecule has 3 unspecified atom stereocenters. The lowest BCUT2D eigenvalue weighted by atomic mass is 9.77. The average Bonchev–Trinajstić information content (AvgIpc) is 3.76. The summed E-state index contributed by atoms with van der Waals surface area (Å²) in [5.74, 6) is 0.373. The Bertz CT molecular complexity index is 1660. The van der Waals surface area contributed by atoms with E-state index in [1.54, 1.807) is 6.07 Å². The summed E-state index contributed by atoms with van der Waals surface area (Å²) in [6, 6.07) is 18.8. The van der Waals surface area contributed by atoms with Gasteiger partial charge < -0.3 is 20.6 Å². The van der Waals surface area contributed by atoms with Gasteiger partial charge in [-0.3, -0.25) is 0 Å². The Morgan fingerprint density at radius 3 is 1.54 bits per heavy atom. The van der Waals surface area contributed by atoms with Crippen molar-refractivity contribution in [2.75, 3.05) is 33.2 Å². The maximum Gasteiger partial charge on any atom is 0.416 e. The molecule has 0 radical (unpaired) electrons. The van der Waals surface area contributed by atoms with Crippen molar-refractivity contribution in [1.29, 1.82) is 0 Å². The Morgan fingerprint density at radius 2 is 1.12 bits per heavy atom. The smallest absolute Gasteiger partial charge is 0.392 e. The molecule has 3 aliphatic rings. The van der Waals surface area contributed by atoms with Crippen molar-refractivity contribution >= 4 is 0 Å². The number of aryl methyl sites for hydroxylation is 2. The Morgan fingerprint density at radius 1 is 0.625 bits per heavy atom. The van der Waals surface area contributed by atoms with Crippen LogP contribution in [0, 0.1) is 13.8 Å². The van der Waals surface area contributed by atoms with Gasteiger partial charge in [0.2, 0.25) is 0 Å². The Hall–Kier alpha value is -2.71. The van der Waals surface area contributed by atoms with Gasteiger partial charge >= 0.3 is 6.18 Å². The maximum absolute atomic E-state index is 13.0. The highest BCUT2D eigenvalue weighted by molar-refractivity contribution is 5.41. The van der Waals surface area contributed by atoms with Crippen molar-refractivity contribution in [3.8, 4) is 0 Å². The molecule has 4 nitrogen and oxygen atoms in total. The highest BCUT2D eigenvalue weighted by Crippen LogP contribution is 2.40. The van der Waals surface area contributed by atoms with E-state index in [1.807, 2.05) is 20.8 Å². The van der Waals surface area contributed by atoms with Crippen LogP contribution in [0.3, 0.4) is 0 Å². The molecule has 7 heteroatoms. The first-order chi connectivity index (χ1) is 24.9. The van der Waals surface area contributed by atoms with Crippen LogP contribution in [0.2, 0.25) is 0 Å². The number of rotatable bonds is 3. The molecule has 3 aromatic rings. The predicted molar refractivity (Wildman–Crippen MR) is 234 cm³/mol. The third-order valence-corrected chi connectivity index (χ3v) is 11.3. The van der Waals surface area contributed by atoms with Crippen LogP contribution in [-0.2, 0) is 22.4 Å². The lowest BCUT2D eigenvalue weighted by Crippen LogP contribution is -2.30.